The predicted molar refractivity (Wildman–Crippen MR) is 121 cm³/mol. The van der Waals surface area contributed by atoms with Gasteiger partial charge in [0.25, 0.3) is 0 Å². The van der Waals surface area contributed by atoms with Gasteiger partial charge in [-0.05, 0) is 42.3 Å². The summed E-state index contributed by atoms with van der Waals surface area (Å²) in [5.74, 6) is 1.05. The summed E-state index contributed by atoms with van der Waals surface area (Å²) in [5.41, 5.74) is 3.24. The van der Waals surface area contributed by atoms with Crippen molar-refractivity contribution >= 4 is 29.3 Å². The van der Waals surface area contributed by atoms with E-state index in [0.717, 1.165) is 17.0 Å². The summed E-state index contributed by atoms with van der Waals surface area (Å²) < 4.78 is 7.22. The van der Waals surface area contributed by atoms with E-state index in [1.165, 1.54) is 17.3 Å². The Hall–Kier alpha value is -2.35. The van der Waals surface area contributed by atoms with Crippen molar-refractivity contribution in [2.45, 2.75) is 25.2 Å². The Morgan fingerprint density at radius 1 is 1.17 bits per heavy atom. The first-order chi connectivity index (χ1) is 14.5. The predicted octanol–water partition coefficient (Wildman–Crippen LogP) is 4.30. The lowest BCUT2D eigenvalue weighted by atomic mass is 10.1. The molecule has 0 aliphatic heterocycles. The lowest BCUT2D eigenvalue weighted by Crippen LogP contribution is -2.28. The molecule has 0 radical (unpaired) electrons. The van der Waals surface area contributed by atoms with E-state index in [0.29, 0.717) is 29.9 Å². The average molecular weight is 445 g/mol. The minimum absolute atomic E-state index is 0.0394. The summed E-state index contributed by atoms with van der Waals surface area (Å²) in [7, 11) is 3.48. The van der Waals surface area contributed by atoms with Gasteiger partial charge in [-0.2, -0.15) is 0 Å². The van der Waals surface area contributed by atoms with E-state index in [-0.39, 0.29) is 11.7 Å². The molecule has 0 aliphatic carbocycles. The van der Waals surface area contributed by atoms with Crippen LogP contribution in [0.5, 0.6) is 0 Å². The number of amides is 1. The molecule has 0 fully saturated rings. The van der Waals surface area contributed by atoms with Gasteiger partial charge in [0.05, 0.1) is 18.9 Å². The van der Waals surface area contributed by atoms with Crippen LogP contribution in [-0.4, -0.2) is 52.1 Å². The van der Waals surface area contributed by atoms with E-state index in [1.807, 2.05) is 54.1 Å². The van der Waals surface area contributed by atoms with Gasteiger partial charge in [-0.1, -0.05) is 47.6 Å². The SMILES string of the molecule is COCCn1c(SCC(=O)N(C)Cc2ccccc2C)nnc1-c1ccc(Cl)cc1. The maximum Gasteiger partial charge on any atom is 0.233 e. The quantitative estimate of drug-likeness (QED) is 0.460. The highest BCUT2D eigenvalue weighted by molar-refractivity contribution is 7.99. The van der Waals surface area contributed by atoms with Crippen LogP contribution in [0.25, 0.3) is 11.4 Å². The number of benzene rings is 2. The number of ether oxygens (including phenoxy) is 1. The fraction of sp³-hybridized carbons (Fsp3) is 0.318. The van der Waals surface area contributed by atoms with Gasteiger partial charge in [-0.25, -0.2) is 0 Å². The summed E-state index contributed by atoms with van der Waals surface area (Å²) in [6.07, 6.45) is 0. The van der Waals surface area contributed by atoms with Crippen molar-refractivity contribution < 1.29 is 9.53 Å². The summed E-state index contributed by atoms with van der Waals surface area (Å²) in [6.45, 7) is 3.75. The van der Waals surface area contributed by atoms with Crippen LogP contribution >= 0.6 is 23.4 Å². The van der Waals surface area contributed by atoms with Gasteiger partial charge in [-0.15, -0.1) is 10.2 Å². The highest BCUT2D eigenvalue weighted by Gasteiger charge is 2.17. The maximum absolute atomic E-state index is 12.7. The van der Waals surface area contributed by atoms with Crippen molar-refractivity contribution in [3.8, 4) is 11.4 Å². The van der Waals surface area contributed by atoms with E-state index in [2.05, 4.69) is 23.2 Å². The minimum Gasteiger partial charge on any atom is -0.383 e. The molecular formula is C22H25ClN4O2S. The molecular weight excluding hydrogens is 420 g/mol. The molecule has 1 aromatic heterocycles. The summed E-state index contributed by atoms with van der Waals surface area (Å²) in [6, 6.07) is 15.6. The van der Waals surface area contributed by atoms with E-state index in [4.69, 9.17) is 16.3 Å². The molecule has 0 saturated heterocycles. The van der Waals surface area contributed by atoms with Crippen LogP contribution < -0.4 is 0 Å². The third-order valence-corrected chi connectivity index (χ3v) is 5.96. The molecule has 0 bridgehead atoms. The summed E-state index contributed by atoms with van der Waals surface area (Å²) in [5, 5.41) is 10.0. The largest absolute Gasteiger partial charge is 0.383 e. The number of hydrogen-bond acceptors (Lipinski definition) is 5. The van der Waals surface area contributed by atoms with E-state index in [9.17, 15) is 4.79 Å². The van der Waals surface area contributed by atoms with E-state index in [1.54, 1.807) is 12.0 Å². The second-order valence-electron chi connectivity index (χ2n) is 6.92. The van der Waals surface area contributed by atoms with Gasteiger partial charge < -0.3 is 9.64 Å². The van der Waals surface area contributed by atoms with Gasteiger partial charge in [-0.3, -0.25) is 9.36 Å². The second kappa shape index (κ2) is 10.6. The first-order valence-corrected chi connectivity index (χ1v) is 10.9. The van der Waals surface area contributed by atoms with Gasteiger partial charge in [0, 0.05) is 31.3 Å². The first-order valence-electron chi connectivity index (χ1n) is 9.59. The van der Waals surface area contributed by atoms with Crippen LogP contribution in [0.2, 0.25) is 5.02 Å². The molecule has 0 atom stereocenters. The van der Waals surface area contributed by atoms with E-state index < -0.39 is 0 Å². The summed E-state index contributed by atoms with van der Waals surface area (Å²) in [4.78, 5) is 14.4. The van der Waals surface area contributed by atoms with Gasteiger partial charge >= 0.3 is 0 Å². The van der Waals surface area contributed by atoms with Crippen molar-refractivity contribution in [2.24, 2.45) is 0 Å². The molecule has 1 heterocycles. The zero-order valence-corrected chi connectivity index (χ0v) is 18.9. The Morgan fingerprint density at radius 2 is 1.90 bits per heavy atom. The highest BCUT2D eigenvalue weighted by atomic mass is 35.5. The van der Waals surface area contributed by atoms with Crippen LogP contribution in [0, 0.1) is 6.92 Å². The van der Waals surface area contributed by atoms with Gasteiger partial charge in [0.2, 0.25) is 5.91 Å². The number of methoxy groups -OCH3 is 1. The number of aryl methyl sites for hydroxylation is 1. The van der Waals surface area contributed by atoms with Crippen molar-refractivity contribution in [1.29, 1.82) is 0 Å². The molecule has 3 rings (SSSR count). The molecule has 30 heavy (non-hydrogen) atoms. The fourth-order valence-electron chi connectivity index (χ4n) is 2.96. The number of halogens is 1. The number of rotatable bonds is 9. The van der Waals surface area contributed by atoms with E-state index >= 15 is 0 Å². The maximum atomic E-state index is 12.7. The Morgan fingerprint density at radius 3 is 2.60 bits per heavy atom. The molecule has 0 spiro atoms. The number of aromatic nitrogens is 3. The van der Waals surface area contributed by atoms with Crippen LogP contribution in [0.15, 0.2) is 53.7 Å². The third-order valence-electron chi connectivity index (χ3n) is 4.76. The number of thioether (sulfide) groups is 1. The number of carbonyl (C=O) groups excluding carboxylic acids is 1. The molecule has 158 valence electrons. The standard InChI is InChI=1S/C22H25ClN4O2S/c1-16-6-4-5-7-18(16)14-26(2)20(28)15-30-22-25-24-21(27(22)12-13-29-3)17-8-10-19(23)11-9-17/h4-11H,12-15H2,1-3H3. The second-order valence-corrected chi connectivity index (χ2v) is 8.30. The number of carbonyl (C=O) groups is 1. The van der Waals surface area contributed by atoms with Crippen molar-refractivity contribution in [3.63, 3.8) is 0 Å². The highest BCUT2D eigenvalue weighted by Crippen LogP contribution is 2.25. The van der Waals surface area contributed by atoms with Crippen LogP contribution in [0.4, 0.5) is 0 Å². The van der Waals surface area contributed by atoms with Crippen molar-refractivity contribution in [2.75, 3.05) is 26.5 Å². The first kappa shape index (κ1) is 22.3. The normalized spacial score (nSPS) is 10.9. The molecule has 8 heteroatoms. The number of hydrogen-bond donors (Lipinski definition) is 0. The molecule has 3 aromatic rings. The zero-order chi connectivity index (χ0) is 21.5. The minimum atomic E-state index is 0.0394. The molecule has 2 aromatic carbocycles. The lowest BCUT2D eigenvalue weighted by Gasteiger charge is -2.18. The van der Waals surface area contributed by atoms with Crippen LogP contribution in [0.1, 0.15) is 11.1 Å². The molecule has 6 nitrogen and oxygen atoms in total. The average Bonchev–Trinajstić information content (AvgIpc) is 3.15. The smallest absolute Gasteiger partial charge is 0.233 e. The van der Waals surface area contributed by atoms with Gasteiger partial charge in [0.15, 0.2) is 11.0 Å². The molecule has 0 aliphatic rings. The van der Waals surface area contributed by atoms with Crippen LogP contribution in [-0.2, 0) is 22.6 Å². The monoisotopic (exact) mass is 444 g/mol. The summed E-state index contributed by atoms with van der Waals surface area (Å²) >= 11 is 7.38. The lowest BCUT2D eigenvalue weighted by molar-refractivity contribution is -0.127. The van der Waals surface area contributed by atoms with Gasteiger partial charge in [0.1, 0.15) is 0 Å². The number of nitrogens with zero attached hydrogens (tertiary/aromatic N) is 4. The molecule has 0 saturated carbocycles. The Bertz CT molecular complexity index is 991. The van der Waals surface area contributed by atoms with Crippen molar-refractivity contribution in [3.05, 3.63) is 64.7 Å². The fourth-order valence-corrected chi connectivity index (χ4v) is 3.99. The Labute approximate surface area is 186 Å². The molecule has 0 unspecified atom stereocenters. The Balaban J connectivity index is 1.70. The zero-order valence-electron chi connectivity index (χ0n) is 17.3. The molecule has 1 amide bonds. The topological polar surface area (TPSA) is 60.2 Å². The molecule has 0 N–H and O–H groups in total. The van der Waals surface area contributed by atoms with Crippen LogP contribution in [0.3, 0.4) is 0 Å². The Kier molecular flexibility index (Phi) is 7.90. The van der Waals surface area contributed by atoms with Crippen molar-refractivity contribution in [1.82, 2.24) is 19.7 Å². The third kappa shape index (κ3) is 5.62.